The minimum absolute atomic E-state index is 0.0717. The summed E-state index contributed by atoms with van der Waals surface area (Å²) in [6.07, 6.45) is 2.54. The van der Waals surface area contributed by atoms with Gasteiger partial charge in [0.25, 0.3) is 0 Å². The first-order chi connectivity index (χ1) is 9.43. The normalized spacial score (nSPS) is 12.0. The van der Waals surface area contributed by atoms with Crippen molar-refractivity contribution in [2.45, 2.75) is 19.4 Å². The topological polar surface area (TPSA) is 101 Å². The molecule has 7 nitrogen and oxygen atoms in total. The number of nitrogens with one attached hydrogen (secondary N) is 1. The maximum Gasteiger partial charge on any atom is 0.245 e. The zero-order valence-corrected chi connectivity index (χ0v) is 12.7. The summed E-state index contributed by atoms with van der Waals surface area (Å²) in [5, 5.41) is 6.19. The molecule has 0 saturated heterocycles. The number of amides is 2. The van der Waals surface area contributed by atoms with Crippen molar-refractivity contribution in [2.75, 3.05) is 30.9 Å². The number of carbonyl (C=O) groups excluding carboxylic acids is 2. The average Bonchev–Trinajstić information content (AvgIpc) is 2.79. The minimum atomic E-state index is -0.574. The molecule has 2 amide bonds. The Labute approximate surface area is 122 Å². The van der Waals surface area contributed by atoms with Crippen molar-refractivity contribution in [3.05, 3.63) is 11.8 Å². The van der Waals surface area contributed by atoms with Gasteiger partial charge in [0.15, 0.2) is 5.82 Å². The molecule has 8 heteroatoms. The van der Waals surface area contributed by atoms with Crippen LogP contribution in [0.15, 0.2) is 10.6 Å². The average molecular weight is 300 g/mol. The molecule has 1 atom stereocenters. The number of rotatable bonds is 7. The standard InChI is InChI=1S/C12H20N4O3S/c1-8-6-10(15-19-8)14-11(17)7-16(2)12(18)9(13)4-5-20-3/h6,9H,4-5,7,13H2,1-3H3,(H,14,15,17)/t9-/m0/s1. The number of likely N-dealkylation sites (N-methyl/N-ethyl adjacent to an activating group) is 1. The maximum absolute atomic E-state index is 11.9. The highest BCUT2D eigenvalue weighted by Gasteiger charge is 2.20. The van der Waals surface area contributed by atoms with E-state index in [9.17, 15) is 9.59 Å². The third-order valence-electron chi connectivity index (χ3n) is 2.60. The van der Waals surface area contributed by atoms with E-state index in [4.69, 9.17) is 10.3 Å². The van der Waals surface area contributed by atoms with Crippen LogP contribution in [-0.2, 0) is 9.59 Å². The SMILES string of the molecule is CSCC[C@H](N)C(=O)N(C)CC(=O)Nc1cc(C)on1. The highest BCUT2D eigenvalue weighted by Crippen LogP contribution is 2.07. The number of hydrogen-bond donors (Lipinski definition) is 2. The summed E-state index contributed by atoms with van der Waals surface area (Å²) in [5.74, 6) is 1.16. The number of hydrogen-bond acceptors (Lipinski definition) is 6. The molecule has 0 aliphatic carbocycles. The van der Waals surface area contributed by atoms with E-state index in [0.29, 0.717) is 18.0 Å². The summed E-state index contributed by atoms with van der Waals surface area (Å²) in [5.41, 5.74) is 5.77. The fraction of sp³-hybridized carbons (Fsp3) is 0.583. The number of thioether (sulfide) groups is 1. The lowest BCUT2D eigenvalue weighted by Crippen LogP contribution is -2.45. The molecule has 0 aliphatic heterocycles. The molecule has 112 valence electrons. The van der Waals surface area contributed by atoms with Crippen LogP contribution in [0.5, 0.6) is 0 Å². The van der Waals surface area contributed by atoms with Gasteiger partial charge in [0.2, 0.25) is 11.8 Å². The van der Waals surface area contributed by atoms with Crippen LogP contribution < -0.4 is 11.1 Å². The molecule has 0 aliphatic rings. The molecule has 1 heterocycles. The van der Waals surface area contributed by atoms with E-state index in [0.717, 1.165) is 5.75 Å². The van der Waals surface area contributed by atoms with E-state index in [1.807, 2.05) is 6.26 Å². The van der Waals surface area contributed by atoms with Gasteiger partial charge in [-0.3, -0.25) is 9.59 Å². The molecule has 0 aromatic carbocycles. The lowest BCUT2D eigenvalue weighted by atomic mass is 10.2. The third-order valence-corrected chi connectivity index (χ3v) is 3.25. The molecule has 0 unspecified atom stereocenters. The zero-order chi connectivity index (χ0) is 15.1. The second kappa shape index (κ2) is 7.91. The van der Waals surface area contributed by atoms with Gasteiger partial charge in [0, 0.05) is 13.1 Å². The first-order valence-electron chi connectivity index (χ1n) is 6.16. The van der Waals surface area contributed by atoms with Gasteiger partial charge in [0.1, 0.15) is 5.76 Å². The Hall–Kier alpha value is -1.54. The minimum Gasteiger partial charge on any atom is -0.360 e. The number of anilines is 1. The first-order valence-corrected chi connectivity index (χ1v) is 7.56. The van der Waals surface area contributed by atoms with Crippen LogP contribution in [0.25, 0.3) is 0 Å². The lowest BCUT2D eigenvalue weighted by Gasteiger charge is -2.20. The molecule has 0 saturated carbocycles. The van der Waals surface area contributed by atoms with Crippen LogP contribution in [-0.4, -0.2) is 53.5 Å². The van der Waals surface area contributed by atoms with Crippen LogP contribution in [0, 0.1) is 6.92 Å². The molecule has 1 aromatic rings. The molecule has 0 fully saturated rings. The fourth-order valence-corrected chi connectivity index (χ4v) is 2.04. The van der Waals surface area contributed by atoms with E-state index >= 15 is 0 Å². The molecular weight excluding hydrogens is 280 g/mol. The monoisotopic (exact) mass is 300 g/mol. The Bertz CT molecular complexity index is 463. The van der Waals surface area contributed by atoms with Gasteiger partial charge in [0.05, 0.1) is 12.6 Å². The van der Waals surface area contributed by atoms with E-state index in [2.05, 4.69) is 10.5 Å². The molecule has 0 radical (unpaired) electrons. The van der Waals surface area contributed by atoms with Crippen LogP contribution in [0.2, 0.25) is 0 Å². The molecular formula is C12H20N4O3S. The van der Waals surface area contributed by atoms with Gasteiger partial charge in [-0.2, -0.15) is 11.8 Å². The maximum atomic E-state index is 11.9. The van der Waals surface area contributed by atoms with Crippen LogP contribution in [0.4, 0.5) is 5.82 Å². The molecule has 1 rings (SSSR count). The summed E-state index contributed by atoms with van der Waals surface area (Å²) >= 11 is 1.63. The van der Waals surface area contributed by atoms with Gasteiger partial charge in [-0.25, -0.2) is 0 Å². The highest BCUT2D eigenvalue weighted by atomic mass is 32.2. The first kappa shape index (κ1) is 16.5. The summed E-state index contributed by atoms with van der Waals surface area (Å²) < 4.78 is 4.83. The summed E-state index contributed by atoms with van der Waals surface area (Å²) in [4.78, 5) is 25.0. The van der Waals surface area contributed by atoms with Crippen molar-refractivity contribution in [1.82, 2.24) is 10.1 Å². The summed E-state index contributed by atoms with van der Waals surface area (Å²) in [7, 11) is 1.55. The van der Waals surface area contributed by atoms with Gasteiger partial charge in [-0.15, -0.1) is 0 Å². The quantitative estimate of drug-likeness (QED) is 0.758. The second-order valence-electron chi connectivity index (χ2n) is 4.45. The number of nitrogens with zero attached hydrogens (tertiary/aromatic N) is 2. The van der Waals surface area contributed by atoms with Crippen LogP contribution in [0.3, 0.4) is 0 Å². The van der Waals surface area contributed by atoms with Crippen LogP contribution >= 0.6 is 11.8 Å². The van der Waals surface area contributed by atoms with E-state index in [-0.39, 0.29) is 18.4 Å². The Morgan fingerprint density at radius 3 is 2.85 bits per heavy atom. The second-order valence-corrected chi connectivity index (χ2v) is 5.44. The molecule has 0 bridgehead atoms. The van der Waals surface area contributed by atoms with Crippen molar-refractivity contribution >= 4 is 29.4 Å². The van der Waals surface area contributed by atoms with E-state index in [1.54, 1.807) is 31.8 Å². The summed E-state index contributed by atoms with van der Waals surface area (Å²) in [6.45, 7) is 1.65. The predicted molar refractivity (Wildman–Crippen MR) is 78.5 cm³/mol. The van der Waals surface area contributed by atoms with Crippen LogP contribution in [0.1, 0.15) is 12.2 Å². The van der Waals surface area contributed by atoms with Crippen molar-refractivity contribution in [3.8, 4) is 0 Å². The molecule has 20 heavy (non-hydrogen) atoms. The van der Waals surface area contributed by atoms with Gasteiger partial charge < -0.3 is 20.5 Å². The summed E-state index contributed by atoms with van der Waals surface area (Å²) in [6, 6.07) is 1.03. The van der Waals surface area contributed by atoms with Gasteiger partial charge >= 0.3 is 0 Å². The Balaban J connectivity index is 2.42. The molecule has 1 aromatic heterocycles. The van der Waals surface area contributed by atoms with Crippen molar-refractivity contribution < 1.29 is 14.1 Å². The predicted octanol–water partition coefficient (Wildman–Crippen LogP) is 0.460. The largest absolute Gasteiger partial charge is 0.360 e. The highest BCUT2D eigenvalue weighted by molar-refractivity contribution is 7.98. The van der Waals surface area contributed by atoms with Crippen molar-refractivity contribution in [1.29, 1.82) is 0 Å². The Morgan fingerprint density at radius 1 is 1.60 bits per heavy atom. The lowest BCUT2D eigenvalue weighted by molar-refractivity contribution is -0.134. The molecule has 3 N–H and O–H groups in total. The van der Waals surface area contributed by atoms with Gasteiger partial charge in [-0.05, 0) is 25.4 Å². The zero-order valence-electron chi connectivity index (χ0n) is 11.9. The molecule has 0 spiro atoms. The Morgan fingerprint density at radius 2 is 2.30 bits per heavy atom. The van der Waals surface area contributed by atoms with E-state index in [1.165, 1.54) is 4.90 Å². The van der Waals surface area contributed by atoms with Crippen molar-refractivity contribution in [2.24, 2.45) is 5.73 Å². The number of aryl methyl sites for hydroxylation is 1. The smallest absolute Gasteiger partial charge is 0.245 e. The number of aromatic nitrogens is 1. The van der Waals surface area contributed by atoms with Crippen molar-refractivity contribution in [3.63, 3.8) is 0 Å². The number of carbonyl (C=O) groups is 2. The third kappa shape index (κ3) is 5.22. The van der Waals surface area contributed by atoms with Gasteiger partial charge in [-0.1, -0.05) is 5.16 Å². The van der Waals surface area contributed by atoms with E-state index < -0.39 is 6.04 Å². The number of nitrogens with two attached hydrogens (primary N) is 1. The Kier molecular flexibility index (Phi) is 6.53. The fourth-order valence-electron chi connectivity index (χ4n) is 1.55.